The van der Waals surface area contributed by atoms with Gasteiger partial charge in [0.05, 0.1) is 6.54 Å². The second-order valence-corrected chi connectivity index (χ2v) is 3.86. The Morgan fingerprint density at radius 3 is 3.00 bits per heavy atom. The number of H-pyrrole nitrogens is 1. The van der Waals surface area contributed by atoms with E-state index in [9.17, 15) is 4.79 Å². The van der Waals surface area contributed by atoms with E-state index < -0.39 is 0 Å². The standard InChI is InChI=1S/C10H15N3O/c1-13(7-9-11-5-6-12-9)10(14)8-3-2-4-8/h5-6,8H,2-4,7H2,1H3,(H,11,12). The lowest BCUT2D eigenvalue weighted by Crippen LogP contribution is -2.35. The molecule has 1 saturated carbocycles. The Morgan fingerprint density at radius 2 is 2.50 bits per heavy atom. The summed E-state index contributed by atoms with van der Waals surface area (Å²) >= 11 is 0. The van der Waals surface area contributed by atoms with Gasteiger partial charge in [0.1, 0.15) is 5.82 Å². The Morgan fingerprint density at radius 1 is 1.71 bits per heavy atom. The van der Waals surface area contributed by atoms with Gasteiger partial charge in [0.2, 0.25) is 5.91 Å². The molecule has 1 heterocycles. The van der Waals surface area contributed by atoms with Crippen LogP contribution in [-0.2, 0) is 11.3 Å². The van der Waals surface area contributed by atoms with E-state index in [0.29, 0.717) is 6.54 Å². The third kappa shape index (κ3) is 1.78. The van der Waals surface area contributed by atoms with Gasteiger partial charge in [0.15, 0.2) is 0 Å². The van der Waals surface area contributed by atoms with Crippen LogP contribution in [0, 0.1) is 5.92 Å². The first-order valence-corrected chi connectivity index (χ1v) is 5.00. The molecule has 0 aromatic carbocycles. The molecule has 0 spiro atoms. The molecule has 1 aromatic heterocycles. The molecule has 1 fully saturated rings. The van der Waals surface area contributed by atoms with Crippen LogP contribution in [0.25, 0.3) is 0 Å². The number of amides is 1. The first-order valence-electron chi connectivity index (χ1n) is 5.00. The van der Waals surface area contributed by atoms with Crippen molar-refractivity contribution in [3.63, 3.8) is 0 Å². The van der Waals surface area contributed by atoms with E-state index in [4.69, 9.17) is 0 Å². The summed E-state index contributed by atoms with van der Waals surface area (Å²) in [5.41, 5.74) is 0. The van der Waals surface area contributed by atoms with Gasteiger partial charge in [-0.25, -0.2) is 4.98 Å². The quantitative estimate of drug-likeness (QED) is 0.783. The number of nitrogens with one attached hydrogen (secondary N) is 1. The van der Waals surface area contributed by atoms with Crippen molar-refractivity contribution in [2.45, 2.75) is 25.8 Å². The Bertz CT molecular complexity index is 303. The zero-order chi connectivity index (χ0) is 9.97. The molecule has 0 unspecified atom stereocenters. The van der Waals surface area contributed by atoms with Crippen LogP contribution >= 0.6 is 0 Å². The van der Waals surface area contributed by atoms with E-state index in [0.717, 1.165) is 18.7 Å². The maximum absolute atomic E-state index is 11.7. The molecule has 76 valence electrons. The van der Waals surface area contributed by atoms with Crippen molar-refractivity contribution in [2.24, 2.45) is 5.92 Å². The van der Waals surface area contributed by atoms with Crippen molar-refractivity contribution < 1.29 is 4.79 Å². The number of aromatic amines is 1. The molecule has 1 N–H and O–H groups in total. The second-order valence-electron chi connectivity index (χ2n) is 3.86. The largest absolute Gasteiger partial charge is 0.347 e. The number of carbonyl (C=O) groups excluding carboxylic acids is 1. The van der Waals surface area contributed by atoms with Crippen LogP contribution in [0.1, 0.15) is 25.1 Å². The number of hydrogen-bond donors (Lipinski definition) is 1. The topological polar surface area (TPSA) is 49.0 Å². The predicted molar refractivity (Wildman–Crippen MR) is 52.4 cm³/mol. The number of hydrogen-bond acceptors (Lipinski definition) is 2. The highest BCUT2D eigenvalue weighted by Gasteiger charge is 2.27. The van der Waals surface area contributed by atoms with E-state index in [2.05, 4.69) is 9.97 Å². The molecule has 4 heteroatoms. The molecule has 0 radical (unpaired) electrons. The number of aromatic nitrogens is 2. The monoisotopic (exact) mass is 193 g/mol. The fourth-order valence-electron chi connectivity index (χ4n) is 1.65. The maximum atomic E-state index is 11.7. The highest BCUT2D eigenvalue weighted by molar-refractivity contribution is 5.79. The summed E-state index contributed by atoms with van der Waals surface area (Å²) in [4.78, 5) is 20.6. The normalized spacial score (nSPS) is 16.4. The maximum Gasteiger partial charge on any atom is 0.225 e. The summed E-state index contributed by atoms with van der Waals surface area (Å²) < 4.78 is 0. The summed E-state index contributed by atoms with van der Waals surface area (Å²) in [6.45, 7) is 0.586. The van der Waals surface area contributed by atoms with E-state index >= 15 is 0 Å². The molecular formula is C10H15N3O. The minimum Gasteiger partial charge on any atom is -0.347 e. The average molecular weight is 193 g/mol. The SMILES string of the molecule is CN(Cc1ncc[nH]1)C(=O)C1CCC1. The molecule has 14 heavy (non-hydrogen) atoms. The van der Waals surface area contributed by atoms with Gasteiger partial charge in [-0.15, -0.1) is 0 Å². The van der Waals surface area contributed by atoms with Crippen LogP contribution in [0.3, 0.4) is 0 Å². The third-order valence-electron chi connectivity index (χ3n) is 2.77. The van der Waals surface area contributed by atoms with E-state index in [1.807, 2.05) is 7.05 Å². The van der Waals surface area contributed by atoms with Crippen LogP contribution in [0.4, 0.5) is 0 Å². The molecule has 0 saturated heterocycles. The smallest absolute Gasteiger partial charge is 0.225 e. The van der Waals surface area contributed by atoms with Gasteiger partial charge in [-0.05, 0) is 12.8 Å². The second kappa shape index (κ2) is 3.82. The predicted octanol–water partition coefficient (Wildman–Crippen LogP) is 1.17. The minimum absolute atomic E-state index is 0.257. The summed E-state index contributed by atoms with van der Waals surface area (Å²) in [5, 5.41) is 0. The number of imidazole rings is 1. The van der Waals surface area contributed by atoms with Crippen molar-refractivity contribution in [1.29, 1.82) is 0 Å². The molecule has 1 amide bonds. The van der Waals surface area contributed by atoms with Gasteiger partial charge in [0, 0.05) is 25.4 Å². The molecule has 1 aliphatic carbocycles. The van der Waals surface area contributed by atoms with Crippen LogP contribution in [0.2, 0.25) is 0 Å². The van der Waals surface area contributed by atoms with E-state index in [1.165, 1.54) is 6.42 Å². The average Bonchev–Trinajstić information content (AvgIpc) is 2.53. The van der Waals surface area contributed by atoms with Crippen molar-refractivity contribution in [3.8, 4) is 0 Å². The lowest BCUT2D eigenvalue weighted by molar-refractivity contribution is -0.137. The van der Waals surface area contributed by atoms with Crippen molar-refractivity contribution in [2.75, 3.05) is 7.05 Å². The van der Waals surface area contributed by atoms with Crippen LogP contribution in [0.5, 0.6) is 0 Å². The van der Waals surface area contributed by atoms with Crippen molar-refractivity contribution >= 4 is 5.91 Å². The number of nitrogens with zero attached hydrogens (tertiary/aromatic N) is 2. The number of rotatable bonds is 3. The molecule has 2 rings (SSSR count). The minimum atomic E-state index is 0.257. The van der Waals surface area contributed by atoms with E-state index in [1.54, 1.807) is 17.3 Å². The molecule has 0 atom stereocenters. The van der Waals surface area contributed by atoms with Crippen LogP contribution < -0.4 is 0 Å². The van der Waals surface area contributed by atoms with Gasteiger partial charge in [-0.3, -0.25) is 4.79 Å². The number of carbonyl (C=O) groups is 1. The molecule has 4 nitrogen and oxygen atoms in total. The van der Waals surface area contributed by atoms with Gasteiger partial charge in [-0.1, -0.05) is 6.42 Å². The first-order chi connectivity index (χ1) is 6.77. The van der Waals surface area contributed by atoms with Crippen molar-refractivity contribution in [1.82, 2.24) is 14.9 Å². The van der Waals surface area contributed by atoms with Gasteiger partial charge < -0.3 is 9.88 Å². The highest BCUT2D eigenvalue weighted by atomic mass is 16.2. The summed E-state index contributed by atoms with van der Waals surface area (Å²) in [5.74, 6) is 1.38. The van der Waals surface area contributed by atoms with Gasteiger partial charge in [-0.2, -0.15) is 0 Å². The zero-order valence-electron chi connectivity index (χ0n) is 8.36. The Kier molecular flexibility index (Phi) is 2.52. The molecular weight excluding hydrogens is 178 g/mol. The third-order valence-corrected chi connectivity index (χ3v) is 2.77. The van der Waals surface area contributed by atoms with Gasteiger partial charge >= 0.3 is 0 Å². The summed E-state index contributed by atoms with van der Waals surface area (Å²) in [6, 6.07) is 0. The van der Waals surface area contributed by atoms with Crippen molar-refractivity contribution in [3.05, 3.63) is 18.2 Å². The zero-order valence-corrected chi connectivity index (χ0v) is 8.36. The Balaban J connectivity index is 1.88. The Hall–Kier alpha value is -1.32. The van der Waals surface area contributed by atoms with Gasteiger partial charge in [0.25, 0.3) is 0 Å². The first kappa shape index (κ1) is 9.24. The Labute approximate surface area is 83.3 Å². The fraction of sp³-hybridized carbons (Fsp3) is 0.600. The molecule has 1 aliphatic rings. The molecule has 0 aliphatic heterocycles. The lowest BCUT2D eigenvalue weighted by Gasteiger charge is -2.28. The van der Waals surface area contributed by atoms with E-state index in [-0.39, 0.29) is 11.8 Å². The van der Waals surface area contributed by atoms with Crippen LogP contribution in [0.15, 0.2) is 12.4 Å². The molecule has 1 aromatic rings. The highest BCUT2D eigenvalue weighted by Crippen LogP contribution is 2.28. The van der Waals surface area contributed by atoms with Crippen LogP contribution in [-0.4, -0.2) is 27.8 Å². The fourth-order valence-corrected chi connectivity index (χ4v) is 1.65. The lowest BCUT2D eigenvalue weighted by atomic mass is 9.84. The molecule has 0 bridgehead atoms. The summed E-state index contributed by atoms with van der Waals surface area (Å²) in [6.07, 6.45) is 6.79. The summed E-state index contributed by atoms with van der Waals surface area (Å²) in [7, 11) is 1.84.